The van der Waals surface area contributed by atoms with E-state index in [4.69, 9.17) is 9.57 Å². The van der Waals surface area contributed by atoms with E-state index in [-0.39, 0.29) is 18.7 Å². The molecule has 1 aliphatic carbocycles. The highest BCUT2D eigenvalue weighted by molar-refractivity contribution is 7.88. The van der Waals surface area contributed by atoms with Gasteiger partial charge in [0.15, 0.2) is 0 Å². The smallest absolute Gasteiger partial charge is 0.328 e. The Balaban J connectivity index is 1.64. The Morgan fingerprint density at radius 2 is 2.03 bits per heavy atom. The number of aromatic nitrogens is 2. The number of aromatic amines is 1. The molecule has 30 heavy (non-hydrogen) atoms. The van der Waals surface area contributed by atoms with Gasteiger partial charge in [-0.3, -0.25) is 14.6 Å². The third kappa shape index (κ3) is 5.80. The van der Waals surface area contributed by atoms with Crippen molar-refractivity contribution < 1.29 is 18.0 Å². The third-order valence-corrected chi connectivity index (χ3v) is 6.81. The van der Waals surface area contributed by atoms with E-state index in [1.54, 1.807) is 6.92 Å². The number of rotatable bonds is 11. The van der Waals surface area contributed by atoms with Crippen LogP contribution in [0.1, 0.15) is 37.8 Å². The second-order valence-electron chi connectivity index (χ2n) is 7.41. The molecule has 2 aromatic rings. The predicted octanol–water partition coefficient (Wildman–Crippen LogP) is 1.67. The first-order chi connectivity index (χ1) is 14.3. The van der Waals surface area contributed by atoms with Crippen molar-refractivity contribution in [1.82, 2.24) is 14.0 Å². The van der Waals surface area contributed by atoms with Crippen LogP contribution < -0.4 is 16.0 Å². The minimum atomic E-state index is -3.76. The van der Waals surface area contributed by atoms with Crippen LogP contribution in [0.5, 0.6) is 5.75 Å². The molecule has 1 saturated carbocycles. The zero-order chi connectivity index (χ0) is 21.7. The van der Waals surface area contributed by atoms with Crippen LogP contribution >= 0.6 is 0 Å². The van der Waals surface area contributed by atoms with Gasteiger partial charge in [-0.05, 0) is 49.8 Å². The van der Waals surface area contributed by atoms with Crippen LogP contribution in [0.3, 0.4) is 0 Å². The van der Waals surface area contributed by atoms with Gasteiger partial charge in [0.25, 0.3) is 5.56 Å². The number of ether oxygens (including phenoxy) is 1. The summed E-state index contributed by atoms with van der Waals surface area (Å²) in [5, 5.41) is 0. The van der Waals surface area contributed by atoms with Gasteiger partial charge in [-0.25, -0.2) is 13.2 Å². The first-order valence-corrected chi connectivity index (χ1v) is 11.5. The Labute approximate surface area is 175 Å². The molecule has 1 heterocycles. The summed E-state index contributed by atoms with van der Waals surface area (Å²) < 4.78 is 33.7. The van der Waals surface area contributed by atoms with Gasteiger partial charge >= 0.3 is 5.69 Å². The maximum absolute atomic E-state index is 12.8. The normalized spacial score (nSPS) is 15.3. The molecule has 1 fully saturated rings. The van der Waals surface area contributed by atoms with E-state index in [0.29, 0.717) is 18.3 Å². The molecule has 10 heteroatoms. The monoisotopic (exact) mass is 437 g/mol. The SMILES string of the molecule is CON([C@H](C)c1cccc(OCC2CC2)c1)S(=O)(=O)CCCn1ccc(=O)[nH]c1=O. The van der Waals surface area contributed by atoms with Crippen LogP contribution in [0, 0.1) is 5.92 Å². The lowest BCUT2D eigenvalue weighted by molar-refractivity contribution is -0.0772. The van der Waals surface area contributed by atoms with E-state index >= 15 is 0 Å². The molecule has 0 unspecified atom stereocenters. The van der Waals surface area contributed by atoms with Gasteiger partial charge in [-0.15, -0.1) is 0 Å². The van der Waals surface area contributed by atoms with Gasteiger partial charge in [0.1, 0.15) is 5.75 Å². The van der Waals surface area contributed by atoms with E-state index in [9.17, 15) is 18.0 Å². The average Bonchev–Trinajstić information content (AvgIpc) is 3.53. The molecule has 1 N–H and O–H groups in total. The van der Waals surface area contributed by atoms with Crippen LogP contribution in [0.4, 0.5) is 0 Å². The summed E-state index contributed by atoms with van der Waals surface area (Å²) in [6.45, 7) is 2.58. The number of nitrogens with one attached hydrogen (secondary N) is 1. The van der Waals surface area contributed by atoms with Crippen LogP contribution in [0.25, 0.3) is 0 Å². The lowest BCUT2D eigenvalue weighted by Gasteiger charge is -2.26. The lowest BCUT2D eigenvalue weighted by atomic mass is 10.1. The Morgan fingerprint density at radius 3 is 2.70 bits per heavy atom. The minimum absolute atomic E-state index is 0.158. The second kappa shape index (κ2) is 9.59. The molecule has 9 nitrogen and oxygen atoms in total. The summed E-state index contributed by atoms with van der Waals surface area (Å²) in [4.78, 5) is 30.2. The summed E-state index contributed by atoms with van der Waals surface area (Å²) in [5.74, 6) is 1.11. The van der Waals surface area contributed by atoms with E-state index in [1.807, 2.05) is 24.3 Å². The van der Waals surface area contributed by atoms with Crippen molar-refractivity contribution in [2.24, 2.45) is 5.92 Å². The highest BCUT2D eigenvalue weighted by Gasteiger charge is 2.29. The van der Waals surface area contributed by atoms with Crippen molar-refractivity contribution in [3.05, 3.63) is 62.9 Å². The van der Waals surface area contributed by atoms with Crippen molar-refractivity contribution in [2.45, 2.75) is 38.8 Å². The molecule has 1 aromatic carbocycles. The zero-order valence-electron chi connectivity index (χ0n) is 17.1. The molecule has 0 aliphatic heterocycles. The largest absolute Gasteiger partial charge is 0.493 e. The molecule has 1 aliphatic rings. The fourth-order valence-electron chi connectivity index (χ4n) is 3.12. The molecule has 0 spiro atoms. The molecule has 164 valence electrons. The summed E-state index contributed by atoms with van der Waals surface area (Å²) in [6.07, 6.45) is 3.91. The summed E-state index contributed by atoms with van der Waals surface area (Å²) in [6, 6.07) is 8.01. The van der Waals surface area contributed by atoms with Gasteiger partial charge in [-0.2, -0.15) is 0 Å². The summed E-state index contributed by atoms with van der Waals surface area (Å²) in [7, 11) is -2.44. The predicted molar refractivity (Wildman–Crippen MR) is 112 cm³/mol. The minimum Gasteiger partial charge on any atom is -0.493 e. The molecular formula is C20H27N3O6S. The maximum atomic E-state index is 12.8. The quantitative estimate of drug-likeness (QED) is 0.536. The van der Waals surface area contributed by atoms with E-state index in [1.165, 1.54) is 36.8 Å². The summed E-state index contributed by atoms with van der Waals surface area (Å²) >= 11 is 0. The number of aryl methyl sites for hydroxylation is 1. The van der Waals surface area contributed by atoms with Gasteiger partial charge < -0.3 is 9.30 Å². The fraction of sp³-hybridized carbons (Fsp3) is 0.500. The molecule has 0 saturated heterocycles. The van der Waals surface area contributed by atoms with Crippen LogP contribution in [-0.4, -0.2) is 41.9 Å². The fourth-order valence-corrected chi connectivity index (χ4v) is 4.63. The number of hydroxylamine groups is 1. The van der Waals surface area contributed by atoms with E-state index in [0.717, 1.165) is 10.0 Å². The number of nitrogens with zero attached hydrogens (tertiary/aromatic N) is 2. The molecule has 0 bridgehead atoms. The van der Waals surface area contributed by atoms with Gasteiger partial charge in [-0.1, -0.05) is 16.6 Å². The molecule has 0 radical (unpaired) electrons. The highest BCUT2D eigenvalue weighted by Crippen LogP contribution is 2.31. The Morgan fingerprint density at radius 1 is 1.27 bits per heavy atom. The topological polar surface area (TPSA) is 111 Å². The van der Waals surface area contributed by atoms with Gasteiger partial charge in [0.05, 0.1) is 25.5 Å². The number of hydrogen-bond acceptors (Lipinski definition) is 6. The molecule has 1 aromatic heterocycles. The molecule has 0 amide bonds. The van der Waals surface area contributed by atoms with Crippen molar-refractivity contribution in [3.8, 4) is 5.75 Å². The second-order valence-corrected chi connectivity index (χ2v) is 9.35. The molecule has 1 atom stereocenters. The lowest BCUT2D eigenvalue weighted by Crippen LogP contribution is -2.35. The highest BCUT2D eigenvalue weighted by atomic mass is 32.2. The van der Waals surface area contributed by atoms with Crippen molar-refractivity contribution >= 4 is 10.0 Å². The number of hydrogen-bond donors (Lipinski definition) is 1. The van der Waals surface area contributed by atoms with Crippen molar-refractivity contribution in [2.75, 3.05) is 19.5 Å². The standard InChI is InChI=1S/C20H27N3O6S/c1-15(17-5-3-6-18(13-17)29-14-16-7-8-16)23(28-2)30(26,27)12-4-10-22-11-9-19(24)21-20(22)25/h3,5-6,9,11,13,15-16H,4,7-8,10,12,14H2,1-2H3,(H,21,24,25)/t15-/m1/s1. The van der Waals surface area contributed by atoms with E-state index in [2.05, 4.69) is 4.98 Å². The van der Waals surface area contributed by atoms with Crippen LogP contribution in [-0.2, 0) is 21.4 Å². The molecule has 3 rings (SSSR count). The Hall–Kier alpha value is -2.43. The third-order valence-electron chi connectivity index (χ3n) is 4.99. The van der Waals surface area contributed by atoms with Gasteiger partial charge in [0, 0.05) is 18.8 Å². The maximum Gasteiger partial charge on any atom is 0.328 e. The van der Waals surface area contributed by atoms with Gasteiger partial charge in [0.2, 0.25) is 10.0 Å². The number of H-pyrrole nitrogens is 1. The van der Waals surface area contributed by atoms with Crippen molar-refractivity contribution in [3.63, 3.8) is 0 Å². The first kappa shape index (κ1) is 22.3. The number of sulfonamides is 1. The zero-order valence-corrected chi connectivity index (χ0v) is 17.9. The Kier molecular flexibility index (Phi) is 7.11. The van der Waals surface area contributed by atoms with E-state index < -0.39 is 27.3 Å². The molecular weight excluding hydrogens is 410 g/mol. The van der Waals surface area contributed by atoms with Crippen molar-refractivity contribution in [1.29, 1.82) is 0 Å². The van der Waals surface area contributed by atoms with Crippen LogP contribution in [0.15, 0.2) is 46.1 Å². The number of benzene rings is 1. The first-order valence-electron chi connectivity index (χ1n) is 9.89. The van der Waals surface area contributed by atoms with Crippen LogP contribution in [0.2, 0.25) is 0 Å². The Bertz CT molecular complexity index is 1070. The average molecular weight is 438 g/mol. The summed E-state index contributed by atoms with van der Waals surface area (Å²) in [5.41, 5.74) is -0.308.